The number of benzene rings is 1. The molecule has 0 spiro atoms. The molecule has 0 bridgehead atoms. The molecule has 0 unspecified atom stereocenters. The molecule has 88 valence electrons. The summed E-state index contributed by atoms with van der Waals surface area (Å²) >= 11 is 0. The Hall–Kier alpha value is -1.09. The van der Waals surface area contributed by atoms with Crippen LogP contribution in [0.3, 0.4) is 0 Å². The molecule has 1 aromatic rings. The molecule has 2 N–H and O–H groups in total. The summed E-state index contributed by atoms with van der Waals surface area (Å²) in [5, 5.41) is 0. The van der Waals surface area contributed by atoms with E-state index in [2.05, 4.69) is 0 Å². The highest BCUT2D eigenvalue weighted by atomic mass is 19.1. The number of nitrogens with two attached hydrogens (primary N) is 1. The predicted octanol–water partition coefficient (Wildman–Crippen LogP) is 2.42. The van der Waals surface area contributed by atoms with E-state index < -0.39 is 0 Å². The van der Waals surface area contributed by atoms with Crippen molar-refractivity contribution < 1.29 is 9.13 Å². The first kappa shape index (κ1) is 11.4. The van der Waals surface area contributed by atoms with Crippen LogP contribution in [0.15, 0.2) is 12.1 Å². The van der Waals surface area contributed by atoms with Crippen LogP contribution in [0.2, 0.25) is 0 Å². The van der Waals surface area contributed by atoms with Gasteiger partial charge in [-0.3, -0.25) is 0 Å². The van der Waals surface area contributed by atoms with Crippen molar-refractivity contribution in [3.8, 4) is 5.75 Å². The van der Waals surface area contributed by atoms with Gasteiger partial charge in [0.15, 0.2) is 0 Å². The fourth-order valence-electron chi connectivity index (χ4n) is 1.83. The molecule has 2 nitrogen and oxygen atoms in total. The maximum Gasteiger partial charge on any atom is 0.125 e. The van der Waals surface area contributed by atoms with Crippen LogP contribution in [0.1, 0.15) is 24.0 Å². The zero-order valence-electron chi connectivity index (χ0n) is 9.63. The van der Waals surface area contributed by atoms with E-state index in [4.69, 9.17) is 10.5 Å². The lowest BCUT2D eigenvalue weighted by molar-refractivity contribution is 0.294. The molecule has 16 heavy (non-hydrogen) atoms. The molecule has 0 heterocycles. The Morgan fingerprint density at radius 1 is 1.44 bits per heavy atom. The number of ether oxygens (including phenoxy) is 1. The van der Waals surface area contributed by atoms with Crippen molar-refractivity contribution in [2.45, 2.75) is 26.2 Å². The Kier molecular flexibility index (Phi) is 3.44. The van der Waals surface area contributed by atoms with Crippen molar-refractivity contribution in [1.29, 1.82) is 0 Å². The zero-order valence-corrected chi connectivity index (χ0v) is 9.63. The maximum absolute atomic E-state index is 13.2. The second-order valence-electron chi connectivity index (χ2n) is 4.50. The average molecular weight is 223 g/mol. The van der Waals surface area contributed by atoms with E-state index in [0.717, 1.165) is 23.5 Å². The van der Waals surface area contributed by atoms with Crippen LogP contribution in [0, 0.1) is 18.7 Å². The van der Waals surface area contributed by atoms with Gasteiger partial charge in [-0.2, -0.15) is 0 Å². The van der Waals surface area contributed by atoms with Crippen molar-refractivity contribution in [2.75, 3.05) is 13.2 Å². The minimum atomic E-state index is -0.209. The third-order valence-corrected chi connectivity index (χ3v) is 2.89. The number of hydrogen-bond donors (Lipinski definition) is 1. The van der Waals surface area contributed by atoms with Crippen molar-refractivity contribution in [3.05, 3.63) is 29.1 Å². The van der Waals surface area contributed by atoms with Crippen LogP contribution in [-0.4, -0.2) is 13.2 Å². The second kappa shape index (κ2) is 4.83. The fraction of sp³-hybridized carbons (Fsp3) is 0.538. The minimum absolute atomic E-state index is 0.209. The lowest BCUT2D eigenvalue weighted by Gasteiger charge is -2.13. The topological polar surface area (TPSA) is 35.2 Å². The Bertz CT molecular complexity index is 374. The highest BCUT2D eigenvalue weighted by molar-refractivity contribution is 5.41. The van der Waals surface area contributed by atoms with Gasteiger partial charge < -0.3 is 10.5 Å². The van der Waals surface area contributed by atoms with E-state index in [1.165, 1.54) is 25.0 Å². The monoisotopic (exact) mass is 223 g/mol. The third kappa shape index (κ3) is 2.73. The van der Waals surface area contributed by atoms with E-state index in [1.54, 1.807) is 0 Å². The Morgan fingerprint density at radius 3 is 2.81 bits per heavy atom. The number of aryl methyl sites for hydroxylation is 1. The predicted molar refractivity (Wildman–Crippen MR) is 62.1 cm³/mol. The first-order valence-electron chi connectivity index (χ1n) is 5.82. The van der Waals surface area contributed by atoms with Gasteiger partial charge >= 0.3 is 0 Å². The molecule has 0 saturated heterocycles. The highest BCUT2D eigenvalue weighted by Gasteiger charge is 2.22. The van der Waals surface area contributed by atoms with Gasteiger partial charge in [0, 0.05) is 0 Å². The summed E-state index contributed by atoms with van der Waals surface area (Å²) in [6.45, 7) is 3.15. The van der Waals surface area contributed by atoms with Crippen LogP contribution in [0.4, 0.5) is 4.39 Å². The summed E-state index contributed by atoms with van der Waals surface area (Å²) in [5.74, 6) is 1.33. The molecule has 0 atom stereocenters. The van der Waals surface area contributed by atoms with Crippen molar-refractivity contribution in [1.82, 2.24) is 0 Å². The first-order valence-corrected chi connectivity index (χ1v) is 5.82. The van der Waals surface area contributed by atoms with Crippen LogP contribution < -0.4 is 10.5 Å². The molecule has 0 aliphatic heterocycles. The number of hydrogen-bond acceptors (Lipinski definition) is 2. The lowest BCUT2D eigenvalue weighted by Crippen LogP contribution is -2.08. The summed E-state index contributed by atoms with van der Waals surface area (Å²) in [7, 11) is 0. The number of halogens is 1. The van der Waals surface area contributed by atoms with Crippen molar-refractivity contribution in [2.24, 2.45) is 11.7 Å². The molecular formula is C13H18FNO. The molecule has 1 fully saturated rings. The average Bonchev–Trinajstić information content (AvgIpc) is 3.00. The normalized spacial score (nSPS) is 15.2. The molecule has 1 saturated carbocycles. The minimum Gasteiger partial charge on any atom is -0.493 e. The molecule has 0 radical (unpaired) electrons. The largest absolute Gasteiger partial charge is 0.493 e. The lowest BCUT2D eigenvalue weighted by atomic mass is 10.1. The van der Waals surface area contributed by atoms with Crippen molar-refractivity contribution >= 4 is 0 Å². The van der Waals surface area contributed by atoms with Crippen molar-refractivity contribution in [3.63, 3.8) is 0 Å². The van der Waals surface area contributed by atoms with Crippen LogP contribution in [-0.2, 0) is 6.42 Å². The van der Waals surface area contributed by atoms with E-state index in [-0.39, 0.29) is 5.82 Å². The molecule has 2 rings (SSSR count). The molecule has 1 aromatic carbocycles. The van der Waals surface area contributed by atoms with Gasteiger partial charge in [-0.15, -0.1) is 0 Å². The molecular weight excluding hydrogens is 205 g/mol. The van der Waals surface area contributed by atoms with Gasteiger partial charge in [-0.1, -0.05) is 0 Å². The zero-order chi connectivity index (χ0) is 11.5. The van der Waals surface area contributed by atoms with Gasteiger partial charge in [0.05, 0.1) is 6.61 Å². The molecule has 0 aromatic heterocycles. The highest BCUT2D eigenvalue weighted by Crippen LogP contribution is 2.32. The van der Waals surface area contributed by atoms with Gasteiger partial charge in [0.1, 0.15) is 11.6 Å². The van der Waals surface area contributed by atoms with Gasteiger partial charge in [-0.25, -0.2) is 4.39 Å². The van der Waals surface area contributed by atoms with Crippen LogP contribution >= 0.6 is 0 Å². The summed E-state index contributed by atoms with van der Waals surface area (Å²) < 4.78 is 19.0. The summed E-state index contributed by atoms with van der Waals surface area (Å²) in [5.41, 5.74) is 7.27. The fourth-order valence-corrected chi connectivity index (χ4v) is 1.83. The first-order chi connectivity index (χ1) is 7.70. The van der Waals surface area contributed by atoms with E-state index >= 15 is 0 Å². The second-order valence-corrected chi connectivity index (χ2v) is 4.50. The van der Waals surface area contributed by atoms with Crippen LogP contribution in [0.5, 0.6) is 5.75 Å². The van der Waals surface area contributed by atoms with Gasteiger partial charge in [-0.05, 0) is 61.9 Å². The van der Waals surface area contributed by atoms with E-state index in [1.807, 2.05) is 6.92 Å². The SMILES string of the molecule is Cc1cc(F)cc(CCN)c1OCC1CC1. The smallest absolute Gasteiger partial charge is 0.125 e. The molecule has 1 aliphatic rings. The van der Waals surface area contributed by atoms with E-state index in [9.17, 15) is 4.39 Å². The van der Waals surface area contributed by atoms with Gasteiger partial charge in [0.2, 0.25) is 0 Å². The quantitative estimate of drug-likeness (QED) is 0.832. The third-order valence-electron chi connectivity index (χ3n) is 2.89. The Labute approximate surface area is 95.6 Å². The summed E-state index contributed by atoms with van der Waals surface area (Å²) in [4.78, 5) is 0. The standard InChI is InChI=1S/C13H18FNO/c1-9-6-12(14)7-11(4-5-15)13(9)16-8-10-2-3-10/h6-7,10H,2-5,8,15H2,1H3. The molecule has 0 amide bonds. The van der Waals surface area contributed by atoms with Crippen LogP contribution in [0.25, 0.3) is 0 Å². The molecule has 1 aliphatic carbocycles. The Morgan fingerprint density at radius 2 is 2.19 bits per heavy atom. The maximum atomic E-state index is 13.2. The van der Waals surface area contributed by atoms with E-state index in [0.29, 0.717) is 18.9 Å². The Balaban J connectivity index is 2.16. The van der Waals surface area contributed by atoms with Gasteiger partial charge in [0.25, 0.3) is 0 Å². The number of rotatable bonds is 5. The molecule has 3 heteroatoms. The summed E-state index contributed by atoms with van der Waals surface area (Å²) in [6, 6.07) is 3.05. The summed E-state index contributed by atoms with van der Waals surface area (Å²) in [6.07, 6.45) is 3.18.